The number of halogens is 2. The highest BCUT2D eigenvalue weighted by molar-refractivity contribution is 6.35. The number of nitrogens with one attached hydrogen (secondary N) is 1. The van der Waals surface area contributed by atoms with Crippen molar-refractivity contribution in [2.24, 2.45) is 10.7 Å². The van der Waals surface area contributed by atoms with E-state index in [1.165, 1.54) is 25.8 Å². The van der Waals surface area contributed by atoms with Gasteiger partial charge < -0.3 is 15.8 Å². The summed E-state index contributed by atoms with van der Waals surface area (Å²) in [6, 6.07) is 5.99. The van der Waals surface area contributed by atoms with Crippen LogP contribution < -0.4 is 11.1 Å². The molecule has 7 heteroatoms. The molecule has 2 aliphatic heterocycles. The lowest BCUT2D eigenvalue weighted by Crippen LogP contribution is -2.52. The second-order valence-electron chi connectivity index (χ2n) is 6.86. The molecule has 5 nitrogen and oxygen atoms in total. The molecule has 0 spiro atoms. The molecule has 2 aliphatic rings. The summed E-state index contributed by atoms with van der Waals surface area (Å²) in [6.45, 7) is 5.49. The van der Waals surface area contributed by atoms with Crippen molar-refractivity contribution in [1.29, 1.82) is 0 Å². The van der Waals surface area contributed by atoms with Crippen LogP contribution in [-0.2, 0) is 4.74 Å². The molecule has 1 aromatic rings. The van der Waals surface area contributed by atoms with Gasteiger partial charge in [0.25, 0.3) is 0 Å². The number of guanidine groups is 1. The SMILES string of the molecule is CC(NC(N)=NCC1CN2CCCCC2CO1)c1ccc(Cl)cc1Cl. The third-order valence-electron chi connectivity index (χ3n) is 4.97. The zero-order chi connectivity index (χ0) is 17.8. The van der Waals surface area contributed by atoms with E-state index in [9.17, 15) is 0 Å². The van der Waals surface area contributed by atoms with E-state index >= 15 is 0 Å². The van der Waals surface area contributed by atoms with E-state index in [0.29, 0.717) is 28.6 Å². The van der Waals surface area contributed by atoms with Crippen LogP contribution in [0.25, 0.3) is 0 Å². The fraction of sp³-hybridized carbons (Fsp3) is 0.611. The van der Waals surface area contributed by atoms with E-state index in [1.807, 2.05) is 19.1 Å². The van der Waals surface area contributed by atoms with Crippen LogP contribution in [0.5, 0.6) is 0 Å². The van der Waals surface area contributed by atoms with Crippen LogP contribution in [0, 0.1) is 0 Å². The molecule has 3 rings (SSSR count). The van der Waals surface area contributed by atoms with Crippen molar-refractivity contribution in [2.75, 3.05) is 26.2 Å². The van der Waals surface area contributed by atoms with Gasteiger partial charge in [-0.25, -0.2) is 0 Å². The summed E-state index contributed by atoms with van der Waals surface area (Å²) in [5.74, 6) is 0.405. The number of fused-ring (bicyclic) bond motifs is 1. The van der Waals surface area contributed by atoms with E-state index in [4.69, 9.17) is 33.7 Å². The summed E-state index contributed by atoms with van der Waals surface area (Å²) in [5, 5.41) is 4.42. The Morgan fingerprint density at radius 3 is 3.08 bits per heavy atom. The summed E-state index contributed by atoms with van der Waals surface area (Å²) in [6.07, 6.45) is 3.97. The molecule has 0 saturated carbocycles. The summed E-state index contributed by atoms with van der Waals surface area (Å²) < 4.78 is 5.95. The number of rotatable bonds is 4. The van der Waals surface area contributed by atoms with Crippen molar-refractivity contribution in [3.8, 4) is 0 Å². The van der Waals surface area contributed by atoms with Crippen molar-refractivity contribution < 1.29 is 4.74 Å². The van der Waals surface area contributed by atoms with Crippen molar-refractivity contribution in [1.82, 2.24) is 10.2 Å². The number of ether oxygens (including phenoxy) is 1. The maximum absolute atomic E-state index is 6.24. The van der Waals surface area contributed by atoms with Gasteiger partial charge in [-0.05, 0) is 44.0 Å². The van der Waals surface area contributed by atoms with Gasteiger partial charge >= 0.3 is 0 Å². The minimum absolute atomic E-state index is 0.0488. The summed E-state index contributed by atoms with van der Waals surface area (Å²) in [5.41, 5.74) is 6.98. The molecule has 2 saturated heterocycles. The Labute approximate surface area is 159 Å². The lowest BCUT2D eigenvalue weighted by molar-refractivity contribution is -0.0702. The number of benzene rings is 1. The van der Waals surface area contributed by atoms with Gasteiger partial charge in [-0.2, -0.15) is 0 Å². The highest BCUT2D eigenvalue weighted by Crippen LogP contribution is 2.26. The number of aliphatic imine (C=N–C) groups is 1. The molecule has 0 radical (unpaired) electrons. The first-order chi connectivity index (χ1) is 12.0. The molecule has 0 aromatic heterocycles. The largest absolute Gasteiger partial charge is 0.373 e. The first-order valence-corrected chi connectivity index (χ1v) is 9.65. The van der Waals surface area contributed by atoms with Crippen molar-refractivity contribution >= 4 is 29.2 Å². The Morgan fingerprint density at radius 1 is 1.44 bits per heavy atom. The third kappa shape index (κ3) is 5.00. The lowest BCUT2D eigenvalue weighted by atomic mass is 10.0. The van der Waals surface area contributed by atoms with E-state index in [2.05, 4.69) is 15.2 Å². The summed E-state index contributed by atoms with van der Waals surface area (Å²) in [4.78, 5) is 7.00. The highest BCUT2D eigenvalue weighted by Gasteiger charge is 2.30. The van der Waals surface area contributed by atoms with E-state index in [-0.39, 0.29) is 12.1 Å². The van der Waals surface area contributed by atoms with Gasteiger partial charge in [-0.3, -0.25) is 9.89 Å². The molecule has 138 valence electrons. The quantitative estimate of drug-likeness (QED) is 0.617. The molecule has 0 bridgehead atoms. The monoisotopic (exact) mass is 384 g/mol. The van der Waals surface area contributed by atoms with Gasteiger partial charge in [-0.1, -0.05) is 35.7 Å². The van der Waals surface area contributed by atoms with Crippen molar-refractivity contribution in [2.45, 2.75) is 44.4 Å². The number of nitrogens with two attached hydrogens (primary N) is 1. The zero-order valence-corrected chi connectivity index (χ0v) is 16.1. The maximum atomic E-state index is 6.24. The van der Waals surface area contributed by atoms with Gasteiger partial charge in [-0.15, -0.1) is 0 Å². The second-order valence-corrected chi connectivity index (χ2v) is 7.70. The van der Waals surface area contributed by atoms with Crippen LogP contribution in [0.4, 0.5) is 0 Å². The molecule has 3 N–H and O–H groups in total. The molecule has 25 heavy (non-hydrogen) atoms. The Balaban J connectivity index is 1.51. The molecular weight excluding hydrogens is 359 g/mol. The lowest BCUT2D eigenvalue weighted by Gasteiger charge is -2.42. The van der Waals surface area contributed by atoms with E-state index in [0.717, 1.165) is 18.7 Å². The summed E-state index contributed by atoms with van der Waals surface area (Å²) >= 11 is 12.2. The van der Waals surface area contributed by atoms with Gasteiger partial charge in [0, 0.05) is 22.6 Å². The van der Waals surface area contributed by atoms with Gasteiger partial charge in [0.05, 0.1) is 25.3 Å². The standard InChI is InChI=1S/C18H26Cl2N4O/c1-12(16-6-5-13(19)8-17(16)20)23-18(21)22-9-15-10-24-7-3-2-4-14(24)11-25-15/h5-6,8,12,14-15H,2-4,7,9-11H2,1H3,(H3,21,22,23). The van der Waals surface area contributed by atoms with Crippen LogP contribution >= 0.6 is 23.2 Å². The predicted molar refractivity (Wildman–Crippen MR) is 103 cm³/mol. The van der Waals surface area contributed by atoms with E-state index in [1.54, 1.807) is 6.07 Å². The minimum Gasteiger partial charge on any atom is -0.373 e. The Hall–Kier alpha value is -1.01. The van der Waals surface area contributed by atoms with Gasteiger partial charge in [0.1, 0.15) is 0 Å². The molecule has 2 heterocycles. The van der Waals surface area contributed by atoms with Crippen LogP contribution in [-0.4, -0.2) is 49.2 Å². The molecule has 0 aliphatic carbocycles. The Bertz CT molecular complexity index is 625. The Kier molecular flexibility index (Phi) is 6.44. The smallest absolute Gasteiger partial charge is 0.189 e. The molecule has 2 fully saturated rings. The first kappa shape index (κ1) is 18.8. The number of hydrogen-bond donors (Lipinski definition) is 2. The normalized spacial score (nSPS) is 26.1. The highest BCUT2D eigenvalue weighted by atomic mass is 35.5. The fourth-order valence-corrected chi connectivity index (χ4v) is 4.13. The summed E-state index contributed by atoms with van der Waals surface area (Å²) in [7, 11) is 0. The average molecular weight is 385 g/mol. The van der Waals surface area contributed by atoms with Crippen molar-refractivity contribution in [3.05, 3.63) is 33.8 Å². The predicted octanol–water partition coefficient (Wildman–Crippen LogP) is 3.21. The topological polar surface area (TPSA) is 62.9 Å². The molecular formula is C18H26Cl2N4O. The number of nitrogens with zero attached hydrogens (tertiary/aromatic N) is 2. The average Bonchev–Trinajstić information content (AvgIpc) is 2.59. The molecule has 3 unspecified atom stereocenters. The van der Waals surface area contributed by atoms with Crippen LogP contribution in [0.3, 0.4) is 0 Å². The first-order valence-electron chi connectivity index (χ1n) is 8.90. The minimum atomic E-state index is -0.0488. The molecule has 1 aromatic carbocycles. The van der Waals surface area contributed by atoms with Crippen LogP contribution in [0.1, 0.15) is 37.8 Å². The van der Waals surface area contributed by atoms with Gasteiger partial charge in [0.2, 0.25) is 0 Å². The van der Waals surface area contributed by atoms with Gasteiger partial charge in [0.15, 0.2) is 5.96 Å². The molecule has 0 amide bonds. The molecule has 3 atom stereocenters. The fourth-order valence-electron chi connectivity index (χ4n) is 3.56. The number of piperidine rings is 1. The Morgan fingerprint density at radius 2 is 2.28 bits per heavy atom. The van der Waals surface area contributed by atoms with Crippen LogP contribution in [0.15, 0.2) is 23.2 Å². The number of morpholine rings is 1. The third-order valence-corrected chi connectivity index (χ3v) is 5.53. The van der Waals surface area contributed by atoms with E-state index < -0.39 is 0 Å². The zero-order valence-electron chi connectivity index (χ0n) is 14.5. The number of hydrogen-bond acceptors (Lipinski definition) is 3. The van der Waals surface area contributed by atoms with Crippen LogP contribution in [0.2, 0.25) is 10.0 Å². The van der Waals surface area contributed by atoms with Crippen molar-refractivity contribution in [3.63, 3.8) is 0 Å². The second kappa shape index (κ2) is 8.58. The maximum Gasteiger partial charge on any atom is 0.189 e.